The second kappa shape index (κ2) is 9.87. The van der Waals surface area contributed by atoms with E-state index >= 15 is 0 Å². The highest BCUT2D eigenvalue weighted by Gasteiger charge is 2.41. The van der Waals surface area contributed by atoms with Crippen LogP contribution in [0.15, 0.2) is 48.7 Å². The van der Waals surface area contributed by atoms with E-state index in [9.17, 15) is 14.7 Å². The number of ether oxygens (including phenoxy) is 1. The van der Waals surface area contributed by atoms with Crippen molar-refractivity contribution in [1.82, 2.24) is 19.8 Å². The van der Waals surface area contributed by atoms with Gasteiger partial charge in [0.2, 0.25) is 0 Å². The van der Waals surface area contributed by atoms with Crippen molar-refractivity contribution in [2.75, 3.05) is 13.7 Å². The highest BCUT2D eigenvalue weighted by atomic mass is 32.1. The first-order valence-corrected chi connectivity index (χ1v) is 11.7. The van der Waals surface area contributed by atoms with Crippen molar-refractivity contribution in [2.45, 2.75) is 39.3 Å². The Morgan fingerprint density at radius 3 is 2.60 bits per heavy atom. The zero-order valence-electron chi connectivity index (χ0n) is 20.1. The van der Waals surface area contributed by atoms with Gasteiger partial charge in [-0.25, -0.2) is 4.79 Å². The molecule has 1 saturated heterocycles. The molecule has 0 saturated carbocycles. The molecular formula is C26H28N4O4S. The first-order valence-electron chi connectivity index (χ1n) is 11.3. The van der Waals surface area contributed by atoms with Crippen LogP contribution in [0, 0.1) is 20.8 Å². The van der Waals surface area contributed by atoms with E-state index in [-0.39, 0.29) is 30.0 Å². The lowest BCUT2D eigenvalue weighted by Gasteiger charge is -2.28. The van der Waals surface area contributed by atoms with Gasteiger partial charge in [-0.15, -0.1) is 0 Å². The number of thiocarbonyl (C=S) groups is 1. The van der Waals surface area contributed by atoms with Crippen LogP contribution in [-0.2, 0) is 9.53 Å². The number of carboxylic acid groups (broad SMARTS) is 1. The van der Waals surface area contributed by atoms with Gasteiger partial charge in [0, 0.05) is 29.8 Å². The Kier molecular flexibility index (Phi) is 6.88. The number of carbonyl (C=O) groups excluding carboxylic acids is 1. The van der Waals surface area contributed by atoms with E-state index in [0.29, 0.717) is 11.7 Å². The molecule has 0 amide bonds. The predicted molar refractivity (Wildman–Crippen MR) is 136 cm³/mol. The minimum Gasteiger partial charge on any atom is -0.478 e. The van der Waals surface area contributed by atoms with Crippen molar-refractivity contribution in [3.05, 3.63) is 82.4 Å². The van der Waals surface area contributed by atoms with Gasteiger partial charge in [-0.1, -0.05) is 12.1 Å². The van der Waals surface area contributed by atoms with Gasteiger partial charge < -0.3 is 24.6 Å². The third-order valence-electron chi connectivity index (χ3n) is 6.47. The number of nitrogens with one attached hydrogen (secondary N) is 1. The van der Waals surface area contributed by atoms with Crippen LogP contribution in [0.1, 0.15) is 57.1 Å². The number of rotatable bonds is 7. The second-order valence-corrected chi connectivity index (χ2v) is 9.00. The van der Waals surface area contributed by atoms with Crippen LogP contribution in [-0.4, -0.2) is 50.3 Å². The number of hydrogen-bond acceptors (Lipinski definition) is 5. The van der Waals surface area contributed by atoms with Crippen LogP contribution in [0.4, 0.5) is 0 Å². The number of hydrogen-bond donors (Lipinski definition) is 2. The quantitative estimate of drug-likeness (QED) is 0.377. The molecule has 8 nitrogen and oxygen atoms in total. The molecule has 0 radical (unpaired) electrons. The number of methoxy groups -OCH3 is 1. The fourth-order valence-electron chi connectivity index (χ4n) is 4.74. The van der Waals surface area contributed by atoms with Gasteiger partial charge in [0.05, 0.1) is 36.9 Å². The van der Waals surface area contributed by atoms with Crippen molar-refractivity contribution >= 4 is 29.3 Å². The summed E-state index contributed by atoms with van der Waals surface area (Å²) in [7, 11) is 1.37. The summed E-state index contributed by atoms with van der Waals surface area (Å²) >= 11 is 5.69. The molecule has 1 aliphatic rings. The third kappa shape index (κ3) is 4.64. The molecule has 182 valence electrons. The molecule has 0 unspecified atom stereocenters. The largest absolute Gasteiger partial charge is 0.478 e. The van der Waals surface area contributed by atoms with Crippen molar-refractivity contribution < 1.29 is 19.4 Å². The summed E-state index contributed by atoms with van der Waals surface area (Å²) in [4.78, 5) is 30.1. The molecule has 4 rings (SSSR count). The van der Waals surface area contributed by atoms with E-state index in [1.54, 1.807) is 18.3 Å². The van der Waals surface area contributed by atoms with E-state index in [2.05, 4.69) is 20.9 Å². The molecule has 1 aromatic carbocycles. The molecule has 1 fully saturated rings. The molecule has 2 N–H and O–H groups in total. The number of esters is 1. The zero-order chi connectivity index (χ0) is 25.3. The van der Waals surface area contributed by atoms with Crippen LogP contribution in [0.5, 0.6) is 0 Å². The Bertz CT molecular complexity index is 1290. The lowest BCUT2D eigenvalue weighted by atomic mass is 9.96. The number of carboxylic acids is 1. The molecule has 3 heterocycles. The van der Waals surface area contributed by atoms with E-state index < -0.39 is 5.97 Å². The predicted octanol–water partition coefficient (Wildman–Crippen LogP) is 4.03. The van der Waals surface area contributed by atoms with E-state index in [4.69, 9.17) is 17.0 Å². The molecule has 1 aliphatic heterocycles. The van der Waals surface area contributed by atoms with Gasteiger partial charge in [-0.2, -0.15) is 0 Å². The average molecular weight is 493 g/mol. The molecule has 0 spiro atoms. The molecular weight excluding hydrogens is 464 g/mol. The first-order chi connectivity index (χ1) is 16.7. The van der Waals surface area contributed by atoms with Crippen LogP contribution in [0.25, 0.3) is 5.69 Å². The standard InChI is InChI=1S/C26H28N4O4S/c1-15-8-9-18(25(32)33)14-21(15)30-16(2)13-19(17(30)3)24-23(20-7-5-6-11-27-20)28-26(35)29(24)12-10-22(31)34-4/h5-9,11,13-14,23-24H,10,12H2,1-4H3,(H,28,35)(H,32,33)/t23-,24+/m0/s1. The summed E-state index contributed by atoms with van der Waals surface area (Å²) in [6, 6.07) is 12.6. The van der Waals surface area contributed by atoms with Gasteiger partial charge in [0.1, 0.15) is 0 Å². The average Bonchev–Trinajstić information content (AvgIpc) is 3.32. The number of aromatic carboxylic acids is 1. The fourth-order valence-corrected chi connectivity index (χ4v) is 5.07. The maximum absolute atomic E-state index is 11.9. The van der Waals surface area contributed by atoms with Crippen LogP contribution in [0.3, 0.4) is 0 Å². The van der Waals surface area contributed by atoms with Gasteiger partial charge in [0.15, 0.2) is 5.11 Å². The fraction of sp³-hybridized carbons (Fsp3) is 0.308. The highest BCUT2D eigenvalue weighted by molar-refractivity contribution is 7.80. The molecule has 9 heteroatoms. The maximum atomic E-state index is 11.9. The number of nitrogens with zero attached hydrogens (tertiary/aromatic N) is 3. The Balaban J connectivity index is 1.83. The Morgan fingerprint density at radius 2 is 1.94 bits per heavy atom. The molecule has 0 bridgehead atoms. The lowest BCUT2D eigenvalue weighted by molar-refractivity contribution is -0.140. The summed E-state index contributed by atoms with van der Waals surface area (Å²) in [5.41, 5.74) is 5.81. The monoisotopic (exact) mass is 492 g/mol. The summed E-state index contributed by atoms with van der Waals surface area (Å²) < 4.78 is 6.93. The van der Waals surface area contributed by atoms with Crippen molar-refractivity contribution in [3.8, 4) is 5.69 Å². The maximum Gasteiger partial charge on any atom is 0.335 e. The van der Waals surface area contributed by atoms with E-state index in [1.165, 1.54) is 7.11 Å². The highest BCUT2D eigenvalue weighted by Crippen LogP contribution is 2.41. The number of carbonyl (C=O) groups is 2. The molecule has 0 aliphatic carbocycles. The van der Waals surface area contributed by atoms with Crippen molar-refractivity contribution in [2.24, 2.45) is 0 Å². The summed E-state index contributed by atoms with van der Waals surface area (Å²) in [6.07, 6.45) is 1.94. The van der Waals surface area contributed by atoms with Crippen molar-refractivity contribution in [3.63, 3.8) is 0 Å². The second-order valence-electron chi connectivity index (χ2n) is 8.61. The van der Waals surface area contributed by atoms with E-state index in [0.717, 1.165) is 33.9 Å². The van der Waals surface area contributed by atoms with Crippen molar-refractivity contribution in [1.29, 1.82) is 0 Å². The lowest BCUT2D eigenvalue weighted by Crippen LogP contribution is -2.32. The normalized spacial score (nSPS) is 17.4. The van der Waals surface area contributed by atoms with Gasteiger partial charge in [-0.05, 0) is 74.4 Å². The Morgan fingerprint density at radius 1 is 1.17 bits per heavy atom. The molecule has 35 heavy (non-hydrogen) atoms. The SMILES string of the molecule is COC(=O)CCN1C(=S)N[C@@H](c2ccccn2)[C@H]1c1cc(C)n(-c2cc(C(=O)O)ccc2C)c1C. The summed E-state index contributed by atoms with van der Waals surface area (Å²) in [5, 5.41) is 13.5. The molecule has 3 aromatic rings. The number of pyridine rings is 1. The summed E-state index contributed by atoms with van der Waals surface area (Å²) in [5.74, 6) is -1.28. The van der Waals surface area contributed by atoms with Gasteiger partial charge >= 0.3 is 11.9 Å². The Labute approximate surface area is 209 Å². The van der Waals surface area contributed by atoms with Crippen LogP contribution >= 0.6 is 12.2 Å². The topological polar surface area (TPSA) is 96.7 Å². The van der Waals surface area contributed by atoms with Gasteiger partial charge in [-0.3, -0.25) is 9.78 Å². The molecule has 2 atom stereocenters. The van der Waals surface area contributed by atoms with Crippen LogP contribution in [0.2, 0.25) is 0 Å². The minimum atomic E-state index is -0.969. The minimum absolute atomic E-state index is 0.197. The molecule has 2 aromatic heterocycles. The third-order valence-corrected chi connectivity index (χ3v) is 6.82. The number of aromatic nitrogens is 2. The number of aryl methyl sites for hydroxylation is 2. The smallest absolute Gasteiger partial charge is 0.335 e. The van der Waals surface area contributed by atoms with Crippen LogP contribution < -0.4 is 5.32 Å². The van der Waals surface area contributed by atoms with Gasteiger partial charge in [0.25, 0.3) is 0 Å². The van der Waals surface area contributed by atoms with E-state index in [1.807, 2.05) is 49.9 Å². The first kappa shape index (κ1) is 24.4. The summed E-state index contributed by atoms with van der Waals surface area (Å²) in [6.45, 7) is 6.37. The Hall–Kier alpha value is -3.72. The number of benzene rings is 1. The zero-order valence-corrected chi connectivity index (χ0v) is 20.9.